The first-order valence-electron chi connectivity index (χ1n) is 4.15. The number of rotatable bonds is 4. The Labute approximate surface area is 79.0 Å². The molecule has 0 spiro atoms. The zero-order chi connectivity index (χ0) is 9.98. The maximum atomic E-state index is 10.3. The molecule has 3 nitrogen and oxygen atoms in total. The van der Waals surface area contributed by atoms with Crippen LogP contribution in [0.5, 0.6) is 0 Å². The molecule has 1 unspecified atom stereocenters. The van der Waals surface area contributed by atoms with Crippen molar-refractivity contribution in [3.8, 4) is 0 Å². The van der Waals surface area contributed by atoms with Crippen LogP contribution in [0, 0.1) is 0 Å². The molecule has 12 heavy (non-hydrogen) atoms. The fourth-order valence-electron chi connectivity index (χ4n) is 0.528. The Morgan fingerprint density at radius 3 is 2.33 bits per heavy atom. The first-order valence-corrected chi connectivity index (χ1v) is 5.14. The quantitative estimate of drug-likeness (QED) is 0.745. The molecule has 0 aromatic carbocycles. The Bertz CT molecular complexity index is 105. The van der Waals surface area contributed by atoms with Crippen molar-refractivity contribution >= 4 is 17.0 Å². The van der Waals surface area contributed by atoms with E-state index in [1.165, 1.54) is 0 Å². The van der Waals surface area contributed by atoms with Crippen molar-refractivity contribution in [3.63, 3.8) is 0 Å². The number of primary amides is 1. The van der Waals surface area contributed by atoms with Gasteiger partial charge in [0.1, 0.15) is 0 Å². The third-order valence-electron chi connectivity index (χ3n) is 1.20. The van der Waals surface area contributed by atoms with Gasteiger partial charge in [-0.15, -0.1) is 0 Å². The van der Waals surface area contributed by atoms with Crippen LogP contribution in [0.3, 0.4) is 0 Å². The van der Waals surface area contributed by atoms with Crippen molar-refractivity contribution in [1.29, 1.82) is 0 Å². The van der Waals surface area contributed by atoms with E-state index in [2.05, 4.69) is 0 Å². The van der Waals surface area contributed by atoms with Gasteiger partial charge in [-0.2, -0.15) is 0 Å². The lowest BCUT2D eigenvalue weighted by molar-refractivity contribution is 0.119. The van der Waals surface area contributed by atoms with E-state index in [9.17, 15) is 4.79 Å². The number of nitrogens with two attached hydrogens (primary N) is 1. The summed E-state index contributed by atoms with van der Waals surface area (Å²) in [4.78, 5) is 10.3. The Balaban J connectivity index is 0. The van der Waals surface area contributed by atoms with Crippen molar-refractivity contribution in [3.05, 3.63) is 0 Å². The summed E-state index contributed by atoms with van der Waals surface area (Å²) in [6, 6.07) is 0. The molecule has 0 aromatic rings. The smallest absolute Gasteiger partial charge is 0.276 e. The van der Waals surface area contributed by atoms with Gasteiger partial charge in [0.2, 0.25) is 0 Å². The number of hydrogen-bond acceptors (Lipinski definition) is 3. The van der Waals surface area contributed by atoms with Crippen LogP contribution in [-0.4, -0.2) is 24.2 Å². The van der Waals surface area contributed by atoms with Crippen LogP contribution in [0.25, 0.3) is 0 Å². The summed E-state index contributed by atoms with van der Waals surface area (Å²) < 4.78 is 5.02. The van der Waals surface area contributed by atoms with E-state index >= 15 is 0 Å². The van der Waals surface area contributed by atoms with Gasteiger partial charge in [-0.1, -0.05) is 32.5 Å². The van der Waals surface area contributed by atoms with Gasteiger partial charge in [-0.3, -0.25) is 4.79 Å². The summed E-state index contributed by atoms with van der Waals surface area (Å²) in [7, 11) is 1.63. The van der Waals surface area contributed by atoms with E-state index < -0.39 is 0 Å². The highest BCUT2D eigenvalue weighted by atomic mass is 32.2. The minimum absolute atomic E-state index is 0.150. The fourth-order valence-corrected chi connectivity index (χ4v) is 1.25. The van der Waals surface area contributed by atoms with Gasteiger partial charge < -0.3 is 10.5 Å². The molecule has 0 saturated heterocycles. The molecular formula is C8H19NO2S. The van der Waals surface area contributed by atoms with Crippen molar-refractivity contribution in [2.75, 3.05) is 12.9 Å². The SMILES string of the molecule is CC.CCC(CSC(N)=O)OC. The Morgan fingerprint density at radius 1 is 1.58 bits per heavy atom. The van der Waals surface area contributed by atoms with Crippen LogP contribution in [-0.2, 0) is 4.74 Å². The normalized spacial score (nSPS) is 11.3. The number of amides is 1. The predicted molar refractivity (Wildman–Crippen MR) is 54.5 cm³/mol. The highest BCUT2D eigenvalue weighted by molar-refractivity contribution is 8.13. The molecule has 0 saturated carbocycles. The molecule has 0 aromatic heterocycles. The minimum atomic E-state index is -0.337. The summed E-state index contributed by atoms with van der Waals surface area (Å²) in [6.07, 6.45) is 1.06. The molecule has 0 radical (unpaired) electrons. The van der Waals surface area contributed by atoms with Crippen LogP contribution in [0.4, 0.5) is 4.79 Å². The van der Waals surface area contributed by atoms with Crippen LogP contribution in [0.2, 0.25) is 0 Å². The second-order valence-corrected chi connectivity index (χ2v) is 2.92. The van der Waals surface area contributed by atoms with Crippen molar-refractivity contribution < 1.29 is 9.53 Å². The van der Waals surface area contributed by atoms with Gasteiger partial charge in [0.05, 0.1) is 6.10 Å². The van der Waals surface area contributed by atoms with Crippen LogP contribution in [0.1, 0.15) is 27.2 Å². The van der Waals surface area contributed by atoms with Gasteiger partial charge in [-0.25, -0.2) is 0 Å². The molecule has 0 aliphatic rings. The Kier molecular flexibility index (Phi) is 12.9. The third kappa shape index (κ3) is 9.78. The van der Waals surface area contributed by atoms with Crippen molar-refractivity contribution in [2.45, 2.75) is 33.3 Å². The van der Waals surface area contributed by atoms with E-state index in [0.29, 0.717) is 5.75 Å². The van der Waals surface area contributed by atoms with Crippen LogP contribution in [0.15, 0.2) is 0 Å². The molecule has 2 N–H and O–H groups in total. The predicted octanol–water partition coefficient (Wildman–Crippen LogP) is 2.25. The molecule has 4 heteroatoms. The molecular weight excluding hydrogens is 174 g/mol. The lowest BCUT2D eigenvalue weighted by Crippen LogP contribution is -2.15. The number of methoxy groups -OCH3 is 1. The summed E-state index contributed by atoms with van der Waals surface area (Å²) >= 11 is 1.10. The zero-order valence-corrected chi connectivity index (χ0v) is 9.11. The molecule has 74 valence electrons. The second-order valence-electron chi connectivity index (χ2n) is 1.90. The number of carbonyl (C=O) groups excluding carboxylic acids is 1. The van der Waals surface area contributed by atoms with E-state index in [-0.39, 0.29) is 11.3 Å². The lowest BCUT2D eigenvalue weighted by atomic mass is 10.3. The standard InChI is InChI=1S/C6H13NO2S.C2H6/c1-3-5(9-2)4-10-6(7)8;1-2/h5H,3-4H2,1-2H3,(H2,7,8);1-2H3. The molecule has 0 fully saturated rings. The van der Waals surface area contributed by atoms with E-state index in [1.807, 2.05) is 20.8 Å². The number of thioether (sulfide) groups is 1. The summed E-state index contributed by atoms with van der Waals surface area (Å²) in [5.41, 5.74) is 4.92. The topological polar surface area (TPSA) is 52.3 Å². The second kappa shape index (κ2) is 10.8. The summed E-state index contributed by atoms with van der Waals surface area (Å²) in [6.45, 7) is 6.01. The maximum absolute atomic E-state index is 10.3. The Morgan fingerprint density at radius 2 is 2.08 bits per heavy atom. The fraction of sp³-hybridized carbons (Fsp3) is 0.875. The van der Waals surface area contributed by atoms with E-state index in [0.717, 1.165) is 18.2 Å². The van der Waals surface area contributed by atoms with Crippen molar-refractivity contribution in [1.82, 2.24) is 0 Å². The minimum Gasteiger partial charge on any atom is -0.381 e. The average molecular weight is 193 g/mol. The van der Waals surface area contributed by atoms with Crippen LogP contribution < -0.4 is 5.73 Å². The van der Waals surface area contributed by atoms with Crippen molar-refractivity contribution in [2.24, 2.45) is 5.73 Å². The third-order valence-corrected chi connectivity index (χ3v) is 2.02. The molecule has 0 bridgehead atoms. The first-order chi connectivity index (χ1) is 5.70. The van der Waals surface area contributed by atoms with Gasteiger partial charge in [0, 0.05) is 12.9 Å². The monoisotopic (exact) mass is 193 g/mol. The largest absolute Gasteiger partial charge is 0.381 e. The molecule has 0 aliphatic carbocycles. The van der Waals surface area contributed by atoms with E-state index in [4.69, 9.17) is 10.5 Å². The zero-order valence-electron chi connectivity index (χ0n) is 8.29. The molecule has 0 rings (SSSR count). The van der Waals surface area contributed by atoms with Gasteiger partial charge in [-0.05, 0) is 6.42 Å². The highest BCUT2D eigenvalue weighted by Gasteiger charge is 2.05. The van der Waals surface area contributed by atoms with Gasteiger partial charge in [0.15, 0.2) is 0 Å². The summed E-state index contributed by atoms with van der Waals surface area (Å²) in [5.74, 6) is 0.655. The summed E-state index contributed by atoms with van der Waals surface area (Å²) in [5, 5.41) is -0.337. The average Bonchev–Trinajstić information content (AvgIpc) is 2.09. The Hall–Kier alpha value is -0.220. The number of ether oxygens (including phenoxy) is 1. The highest BCUT2D eigenvalue weighted by Crippen LogP contribution is 2.06. The van der Waals surface area contributed by atoms with E-state index in [1.54, 1.807) is 7.11 Å². The lowest BCUT2D eigenvalue weighted by Gasteiger charge is -2.09. The van der Waals surface area contributed by atoms with Crippen LogP contribution >= 0.6 is 11.8 Å². The molecule has 1 atom stereocenters. The number of carbonyl (C=O) groups is 1. The first kappa shape index (κ1) is 14.3. The molecule has 1 amide bonds. The molecule has 0 aliphatic heterocycles. The molecule has 0 heterocycles. The number of hydrogen-bond donors (Lipinski definition) is 1. The van der Waals surface area contributed by atoms with Gasteiger partial charge >= 0.3 is 0 Å². The van der Waals surface area contributed by atoms with Gasteiger partial charge in [0.25, 0.3) is 5.24 Å². The maximum Gasteiger partial charge on any atom is 0.276 e.